The van der Waals surface area contributed by atoms with Crippen molar-refractivity contribution < 1.29 is 99.6 Å². The molecule has 6 atom stereocenters. The zero-order valence-corrected chi connectivity index (χ0v) is 58.2. The van der Waals surface area contributed by atoms with E-state index in [1.165, 1.54) is 39.0 Å². The number of rotatable bonds is 23. The number of nitrogens with one attached hydrogen (secondary N) is 3. The van der Waals surface area contributed by atoms with Crippen molar-refractivity contribution in [2.45, 2.75) is 129 Å². The van der Waals surface area contributed by atoms with E-state index in [1.54, 1.807) is 73.7 Å². The molecule has 7 rings (SSSR count). The van der Waals surface area contributed by atoms with Crippen LogP contribution in [0.5, 0.6) is 5.75 Å². The minimum atomic E-state index is -3.67. The number of esters is 4. The molecular weight excluding hydrogens is 1280 g/mol. The number of amides is 2. The van der Waals surface area contributed by atoms with Gasteiger partial charge in [-0.15, -0.1) is 11.8 Å². The molecule has 6 unspecified atom stereocenters. The molecule has 1 aliphatic heterocycles. The molecule has 0 saturated heterocycles. The van der Waals surface area contributed by atoms with Crippen molar-refractivity contribution in [3.05, 3.63) is 137 Å². The maximum Gasteiger partial charge on any atom is 0.342 e. The number of carbonyl (C=O) groups is 8. The van der Waals surface area contributed by atoms with Gasteiger partial charge in [0.05, 0.1) is 40.4 Å². The Balaban J connectivity index is 0.00000246. The molecule has 2 heterocycles. The van der Waals surface area contributed by atoms with Gasteiger partial charge in [-0.1, -0.05) is 115 Å². The first kappa shape index (κ1) is 74.9. The Bertz CT molecular complexity index is 3560. The van der Waals surface area contributed by atoms with Gasteiger partial charge in [0, 0.05) is 41.1 Å². The second-order valence-corrected chi connectivity index (χ2v) is 26.8. The molecule has 490 valence electrons. The fourth-order valence-electron chi connectivity index (χ4n) is 11.6. The molecule has 1 aromatic heterocycles. The number of ether oxygens (including phenoxy) is 5. The van der Waals surface area contributed by atoms with Crippen LogP contribution in [0, 0.1) is 35.5 Å². The van der Waals surface area contributed by atoms with Gasteiger partial charge in [-0.25, -0.2) is 29.0 Å². The van der Waals surface area contributed by atoms with Crippen molar-refractivity contribution in [3.8, 4) is 16.9 Å². The summed E-state index contributed by atoms with van der Waals surface area (Å²) >= 11 is 0.972. The number of benzene rings is 3. The van der Waals surface area contributed by atoms with Crippen LogP contribution < -0.4 is 25.7 Å². The summed E-state index contributed by atoms with van der Waals surface area (Å²) in [7, 11) is -3.67. The van der Waals surface area contributed by atoms with Crippen LogP contribution in [-0.4, -0.2) is 121 Å². The Hall–Kier alpha value is -7.83. The minimum Gasteiger partial charge on any atom is -0.478 e. The van der Waals surface area contributed by atoms with E-state index < -0.39 is 81.3 Å². The van der Waals surface area contributed by atoms with Crippen LogP contribution in [0.3, 0.4) is 0 Å². The first-order valence-corrected chi connectivity index (χ1v) is 32.5. The van der Waals surface area contributed by atoms with E-state index in [1.807, 2.05) is 27.7 Å². The molecule has 25 heteroatoms. The van der Waals surface area contributed by atoms with E-state index in [0.29, 0.717) is 34.1 Å². The molecule has 22 nitrogen and oxygen atoms in total. The maximum absolute atomic E-state index is 15.3. The summed E-state index contributed by atoms with van der Waals surface area (Å²) in [6.45, 7) is 25.3. The van der Waals surface area contributed by atoms with Gasteiger partial charge in [0.15, 0.2) is 5.91 Å². The molecule has 92 heavy (non-hydrogen) atoms. The van der Waals surface area contributed by atoms with Crippen LogP contribution in [-0.2, 0) is 77.3 Å². The Kier molecular flexibility index (Phi) is 27.4. The minimum absolute atomic E-state index is 0. The van der Waals surface area contributed by atoms with Crippen LogP contribution in [0.4, 0.5) is 5.82 Å². The number of carboxylic acid groups (broad SMARTS) is 1. The Labute approximate surface area is 553 Å². The Morgan fingerprint density at radius 1 is 0.739 bits per heavy atom. The van der Waals surface area contributed by atoms with E-state index in [0.717, 1.165) is 37.4 Å². The van der Waals surface area contributed by atoms with E-state index in [4.69, 9.17) is 38.2 Å². The summed E-state index contributed by atoms with van der Waals surface area (Å²) in [6, 6.07) is 19.7. The number of anilines is 1. The molecule has 0 bridgehead atoms. The number of hydrogen-bond acceptors (Lipinski definition) is 18. The Morgan fingerprint density at radius 2 is 1.23 bits per heavy atom. The number of thioether (sulfide) groups is 1. The topological polar surface area (TPSA) is 320 Å². The summed E-state index contributed by atoms with van der Waals surface area (Å²) in [5, 5.41) is 17.7. The van der Waals surface area contributed by atoms with Crippen LogP contribution in [0.2, 0.25) is 0 Å². The van der Waals surface area contributed by atoms with E-state index >= 15 is 9.59 Å². The van der Waals surface area contributed by atoms with Gasteiger partial charge < -0.3 is 44.4 Å². The number of allylic oxidation sites excluding steroid dienone is 1. The van der Waals surface area contributed by atoms with Crippen LogP contribution in [0.1, 0.15) is 127 Å². The standard InChI is InChI=1S/C66H77N5O14S.CH4O3S.Zn/c1-34(2)63(77)81-31-47(32-82-64(78)35(3)4)67-42(11)60(73)70-58-54(65(79)84-56-38(7)23-36(5)24-39(56)8)52(44-19-15-13-16-20-44)50(68-58)30-51-53(45-21-17-14-18-22-45)55(66(80)85-57-40(9)25-37(6)26-41(57)10)59(69-51)71-61(74)43(12)86-49-28-46(62(75)76)27-48(29-49)83-33-72;1-5(2,3)4;/h13-22,27-30,33,36-43,47,56-57,67H,1,3,23-26,31-32H2,2,4-12H3,(H4,68,69,70,71,73,74,75,76,79,80);1H3,(H,2,3,4);/p-1. The van der Waals surface area contributed by atoms with Gasteiger partial charge in [-0.3, -0.25) is 24.3 Å². The number of carboxylic acids is 1. The first-order valence-electron chi connectivity index (χ1n) is 29.7. The summed E-state index contributed by atoms with van der Waals surface area (Å²) in [5.74, 6) is -5.27. The quantitative estimate of drug-likeness (QED) is 0.00877. The predicted molar refractivity (Wildman–Crippen MR) is 344 cm³/mol. The normalized spacial score (nSPS) is 21.4. The number of aromatic carboxylic acids is 1. The number of nitrogens with zero attached hydrogens (tertiary/aromatic N) is 2. The molecule has 2 fully saturated rings. The van der Waals surface area contributed by atoms with Crippen molar-refractivity contribution in [2.24, 2.45) is 40.5 Å². The van der Waals surface area contributed by atoms with Gasteiger partial charge >= 0.3 is 29.8 Å². The molecule has 2 aliphatic carbocycles. The van der Waals surface area contributed by atoms with Crippen LogP contribution in [0.25, 0.3) is 22.8 Å². The maximum atomic E-state index is 15.3. The summed E-state index contributed by atoms with van der Waals surface area (Å²) in [6.07, 6.45) is 4.51. The SMILES string of the molecule is C=C(C)C(=O)OCC(COC(=O)C(=C)C)NC(C)C(=O)NC1=N/C(=C\c2[n-]c(NC(=O)C(C)Sc3cc(OC=O)cc(C(=O)O)c3)c(C(=O)OC3C(C)CC(C)CC3C)c2-c2ccccc2)C(c2ccccc2)=C1C(=O)OC1C(C)CC(C)CC1C.CS(=O)(=O)O.[Zn]. The molecule has 3 aliphatic rings. The molecule has 0 radical (unpaired) electrons. The average Bonchev–Trinajstić information content (AvgIpc) is 1.60. The van der Waals surface area contributed by atoms with E-state index in [9.17, 15) is 42.3 Å². The molecule has 4 aromatic rings. The fraction of sp³-hybridized carbons (Fsp3) is 0.418. The molecule has 0 spiro atoms. The average molecular weight is 1360 g/mol. The fourth-order valence-corrected chi connectivity index (χ4v) is 12.6. The number of aliphatic imine (C=N–C) groups is 1. The number of hydrogen-bond donors (Lipinski definition) is 5. The van der Waals surface area contributed by atoms with Gasteiger partial charge in [0.1, 0.15) is 42.6 Å². The molecular formula is C67H80N5O17S2Zn-. The molecule has 5 N–H and O–H groups in total. The van der Waals surface area contributed by atoms with E-state index in [2.05, 4.69) is 43.0 Å². The third kappa shape index (κ3) is 20.8. The van der Waals surface area contributed by atoms with Crippen LogP contribution in [0.15, 0.2) is 124 Å². The second-order valence-electron chi connectivity index (χ2n) is 23.9. The molecule has 3 aromatic carbocycles. The number of amidine groups is 1. The third-order valence-corrected chi connectivity index (χ3v) is 16.5. The second kappa shape index (κ2) is 33.7. The molecule has 2 amide bonds. The summed E-state index contributed by atoms with van der Waals surface area (Å²) in [4.78, 5) is 119. The smallest absolute Gasteiger partial charge is 0.342 e. The van der Waals surface area contributed by atoms with Crippen molar-refractivity contribution in [1.29, 1.82) is 0 Å². The Morgan fingerprint density at radius 3 is 1.71 bits per heavy atom. The largest absolute Gasteiger partial charge is 0.478 e. The first-order chi connectivity index (χ1) is 42.8. The van der Waals surface area contributed by atoms with Crippen molar-refractivity contribution in [2.75, 3.05) is 24.8 Å². The van der Waals surface area contributed by atoms with Crippen molar-refractivity contribution >= 4 is 93.3 Å². The van der Waals surface area contributed by atoms with Gasteiger partial charge in [0.25, 0.3) is 16.6 Å². The number of aromatic nitrogens is 1. The number of carbonyl (C=O) groups excluding carboxylic acids is 7. The van der Waals surface area contributed by atoms with Gasteiger partial charge in [-0.05, 0) is 141 Å². The predicted octanol–water partition coefficient (Wildman–Crippen LogP) is 9.91. The zero-order valence-electron chi connectivity index (χ0n) is 53.6. The summed E-state index contributed by atoms with van der Waals surface area (Å²) in [5.41, 5.74) is 1.63. The van der Waals surface area contributed by atoms with Gasteiger partial charge in [0.2, 0.25) is 5.91 Å². The zero-order chi connectivity index (χ0) is 67.2. The van der Waals surface area contributed by atoms with Crippen molar-refractivity contribution in [3.63, 3.8) is 0 Å². The van der Waals surface area contributed by atoms with Crippen molar-refractivity contribution in [1.82, 2.24) is 15.6 Å². The van der Waals surface area contributed by atoms with Gasteiger partial charge in [-0.2, -0.15) is 8.42 Å². The monoisotopic (exact) mass is 1350 g/mol. The van der Waals surface area contributed by atoms with Crippen LogP contribution >= 0.6 is 11.8 Å². The van der Waals surface area contributed by atoms with E-state index in [-0.39, 0.29) is 131 Å². The molecule has 2 saturated carbocycles. The summed E-state index contributed by atoms with van der Waals surface area (Å²) < 4.78 is 54.7. The third-order valence-electron chi connectivity index (χ3n) is 15.5.